The molecule has 0 radical (unpaired) electrons. The zero-order valence-electron chi connectivity index (χ0n) is 11.0. The quantitative estimate of drug-likeness (QED) is 0.807. The molecule has 1 aromatic carbocycles. The first-order valence-corrected chi connectivity index (χ1v) is 7.48. The van der Waals surface area contributed by atoms with Gasteiger partial charge in [0.25, 0.3) is 5.91 Å². The largest absolute Gasteiger partial charge is 0.495 e. The van der Waals surface area contributed by atoms with Gasteiger partial charge in [0.1, 0.15) is 10.6 Å². The lowest BCUT2D eigenvalue weighted by atomic mass is 10.2. The number of nitrogens with one attached hydrogen (secondary N) is 1. The lowest BCUT2D eigenvalue weighted by Crippen LogP contribution is -2.35. The molecule has 1 amide bonds. The third-order valence-electron chi connectivity index (χ3n) is 2.48. The van der Waals surface area contributed by atoms with E-state index in [1.165, 1.54) is 25.3 Å². The smallest absolute Gasteiger partial charge is 0.251 e. The molecule has 2 N–H and O–H groups in total. The van der Waals surface area contributed by atoms with Gasteiger partial charge in [-0.15, -0.1) is 0 Å². The van der Waals surface area contributed by atoms with Crippen molar-refractivity contribution in [3.8, 4) is 5.75 Å². The molecule has 7 heteroatoms. The minimum atomic E-state index is -3.49. The van der Waals surface area contributed by atoms with E-state index >= 15 is 0 Å². The molecular formula is C12H17NO5S. The molecule has 0 heterocycles. The number of carbonyl (C=O) groups excluding carboxylic acids is 1. The summed E-state index contributed by atoms with van der Waals surface area (Å²) in [6.45, 7) is 1.44. The number of aliphatic hydroxyl groups is 1. The Balaban J connectivity index is 3.16. The number of aliphatic hydroxyl groups excluding tert-OH is 1. The van der Waals surface area contributed by atoms with Crippen molar-refractivity contribution in [2.24, 2.45) is 0 Å². The van der Waals surface area contributed by atoms with E-state index in [1.807, 2.05) is 0 Å². The van der Waals surface area contributed by atoms with Gasteiger partial charge in [-0.1, -0.05) is 0 Å². The minimum Gasteiger partial charge on any atom is -0.495 e. The SMILES string of the molecule is COc1ccc(C(=O)NC(C)CO)cc1S(C)(=O)=O. The van der Waals surface area contributed by atoms with Crippen LogP contribution in [0.2, 0.25) is 0 Å². The maximum Gasteiger partial charge on any atom is 0.251 e. The Morgan fingerprint density at radius 3 is 2.58 bits per heavy atom. The summed E-state index contributed by atoms with van der Waals surface area (Å²) in [6.07, 6.45) is 1.04. The Hall–Kier alpha value is -1.60. The first kappa shape index (κ1) is 15.5. The van der Waals surface area contributed by atoms with E-state index in [0.29, 0.717) is 0 Å². The highest BCUT2D eigenvalue weighted by molar-refractivity contribution is 7.90. The van der Waals surface area contributed by atoms with Gasteiger partial charge in [0.2, 0.25) is 0 Å². The molecule has 0 saturated carbocycles. The van der Waals surface area contributed by atoms with Crippen LogP contribution < -0.4 is 10.1 Å². The van der Waals surface area contributed by atoms with Crippen LogP contribution in [-0.2, 0) is 9.84 Å². The Morgan fingerprint density at radius 2 is 2.11 bits per heavy atom. The predicted molar refractivity (Wildman–Crippen MR) is 70.1 cm³/mol. The Labute approximate surface area is 112 Å². The molecule has 1 unspecified atom stereocenters. The predicted octanol–water partition coefficient (Wildman–Crippen LogP) is 0.209. The average molecular weight is 287 g/mol. The van der Waals surface area contributed by atoms with Crippen LogP contribution in [0.4, 0.5) is 0 Å². The summed E-state index contributed by atoms with van der Waals surface area (Å²) in [5.74, 6) is -0.261. The summed E-state index contributed by atoms with van der Waals surface area (Å²) in [5, 5.41) is 11.4. The second kappa shape index (κ2) is 6.03. The van der Waals surface area contributed by atoms with Gasteiger partial charge < -0.3 is 15.2 Å². The summed E-state index contributed by atoms with van der Waals surface area (Å²) < 4.78 is 28.2. The van der Waals surface area contributed by atoms with Gasteiger partial charge in [-0.3, -0.25) is 4.79 Å². The molecule has 0 aliphatic rings. The molecule has 106 valence electrons. The van der Waals surface area contributed by atoms with Crippen molar-refractivity contribution < 1.29 is 23.1 Å². The van der Waals surface area contributed by atoms with Gasteiger partial charge in [0.05, 0.1) is 13.7 Å². The zero-order chi connectivity index (χ0) is 14.6. The normalized spacial score (nSPS) is 12.8. The highest BCUT2D eigenvalue weighted by Crippen LogP contribution is 2.24. The topological polar surface area (TPSA) is 92.7 Å². The standard InChI is InChI=1S/C12H17NO5S/c1-8(7-14)13-12(15)9-4-5-10(18-2)11(6-9)19(3,16)17/h4-6,8,14H,7H2,1-3H3,(H,13,15). The van der Waals surface area contributed by atoms with Gasteiger partial charge in [-0.25, -0.2) is 8.42 Å². The Kier molecular flexibility index (Phi) is 4.90. The van der Waals surface area contributed by atoms with E-state index in [-0.39, 0.29) is 22.8 Å². The number of ether oxygens (including phenoxy) is 1. The molecule has 6 nitrogen and oxygen atoms in total. The molecule has 1 atom stereocenters. The maximum absolute atomic E-state index is 11.8. The molecule has 0 fully saturated rings. The van der Waals surface area contributed by atoms with Crippen molar-refractivity contribution in [2.45, 2.75) is 17.9 Å². The Bertz CT molecular complexity index is 567. The first-order chi connectivity index (χ1) is 8.79. The van der Waals surface area contributed by atoms with Crippen molar-refractivity contribution in [3.05, 3.63) is 23.8 Å². The summed E-state index contributed by atoms with van der Waals surface area (Å²) in [6, 6.07) is 3.74. The number of hydrogen-bond acceptors (Lipinski definition) is 5. The zero-order valence-corrected chi connectivity index (χ0v) is 11.8. The number of carbonyl (C=O) groups is 1. The molecule has 1 aromatic rings. The molecule has 0 bridgehead atoms. The van der Waals surface area contributed by atoms with E-state index in [4.69, 9.17) is 9.84 Å². The molecule has 19 heavy (non-hydrogen) atoms. The van der Waals surface area contributed by atoms with Crippen LogP contribution in [0.15, 0.2) is 23.1 Å². The Morgan fingerprint density at radius 1 is 1.47 bits per heavy atom. The van der Waals surface area contributed by atoms with Crippen molar-refractivity contribution in [2.75, 3.05) is 20.0 Å². The van der Waals surface area contributed by atoms with Gasteiger partial charge >= 0.3 is 0 Å². The van der Waals surface area contributed by atoms with Gasteiger partial charge in [0.15, 0.2) is 9.84 Å². The fraction of sp³-hybridized carbons (Fsp3) is 0.417. The highest BCUT2D eigenvalue weighted by Gasteiger charge is 2.18. The molecule has 0 aromatic heterocycles. The number of amides is 1. The number of rotatable bonds is 5. The third kappa shape index (κ3) is 3.93. The van der Waals surface area contributed by atoms with E-state index in [9.17, 15) is 13.2 Å². The van der Waals surface area contributed by atoms with Crippen LogP contribution in [0.5, 0.6) is 5.75 Å². The first-order valence-electron chi connectivity index (χ1n) is 5.59. The van der Waals surface area contributed by atoms with Gasteiger partial charge in [-0.2, -0.15) is 0 Å². The van der Waals surface area contributed by atoms with Crippen molar-refractivity contribution in [1.29, 1.82) is 0 Å². The van der Waals surface area contributed by atoms with E-state index in [1.54, 1.807) is 6.92 Å². The van der Waals surface area contributed by atoms with Crippen LogP contribution in [0, 0.1) is 0 Å². The molecule has 0 spiro atoms. The monoisotopic (exact) mass is 287 g/mol. The molecule has 0 saturated heterocycles. The summed E-state index contributed by atoms with van der Waals surface area (Å²) >= 11 is 0. The lowest BCUT2D eigenvalue weighted by Gasteiger charge is -2.12. The van der Waals surface area contributed by atoms with Crippen molar-refractivity contribution in [1.82, 2.24) is 5.32 Å². The molecular weight excluding hydrogens is 270 g/mol. The summed E-state index contributed by atoms with van der Waals surface area (Å²) in [4.78, 5) is 11.8. The van der Waals surface area contributed by atoms with E-state index in [2.05, 4.69) is 5.32 Å². The van der Waals surface area contributed by atoms with Crippen molar-refractivity contribution in [3.63, 3.8) is 0 Å². The second-order valence-corrected chi connectivity index (χ2v) is 6.18. The van der Waals surface area contributed by atoms with Crippen LogP contribution in [0.25, 0.3) is 0 Å². The number of sulfone groups is 1. The average Bonchev–Trinajstić information content (AvgIpc) is 2.36. The fourth-order valence-corrected chi connectivity index (χ4v) is 2.32. The second-order valence-electron chi connectivity index (χ2n) is 4.19. The van der Waals surface area contributed by atoms with Crippen molar-refractivity contribution >= 4 is 15.7 Å². The van der Waals surface area contributed by atoms with E-state index in [0.717, 1.165) is 6.26 Å². The van der Waals surface area contributed by atoms with Crippen LogP contribution in [-0.4, -0.2) is 45.4 Å². The highest BCUT2D eigenvalue weighted by atomic mass is 32.2. The number of hydrogen-bond donors (Lipinski definition) is 2. The van der Waals surface area contributed by atoms with Crippen LogP contribution in [0.3, 0.4) is 0 Å². The fourth-order valence-electron chi connectivity index (χ4n) is 1.46. The van der Waals surface area contributed by atoms with Gasteiger partial charge in [0, 0.05) is 17.9 Å². The van der Waals surface area contributed by atoms with Gasteiger partial charge in [-0.05, 0) is 25.1 Å². The molecule has 0 aliphatic heterocycles. The van der Waals surface area contributed by atoms with Crippen LogP contribution in [0.1, 0.15) is 17.3 Å². The lowest BCUT2D eigenvalue weighted by molar-refractivity contribution is 0.0922. The summed E-state index contributed by atoms with van der Waals surface area (Å²) in [7, 11) is -2.13. The third-order valence-corrected chi connectivity index (χ3v) is 3.59. The number of benzene rings is 1. The summed E-state index contributed by atoms with van der Waals surface area (Å²) in [5.41, 5.74) is 0.196. The van der Waals surface area contributed by atoms with E-state index < -0.39 is 21.8 Å². The molecule has 1 rings (SSSR count). The molecule has 0 aliphatic carbocycles. The number of methoxy groups -OCH3 is 1. The minimum absolute atomic E-state index is 0.0423. The van der Waals surface area contributed by atoms with Crippen LogP contribution >= 0.6 is 0 Å². The maximum atomic E-state index is 11.8.